The van der Waals surface area contributed by atoms with Crippen molar-refractivity contribution in [1.29, 1.82) is 0 Å². The molecule has 0 bridgehead atoms. The van der Waals surface area contributed by atoms with Crippen molar-refractivity contribution in [2.45, 2.75) is 6.54 Å². The average molecular weight is 209 g/mol. The van der Waals surface area contributed by atoms with Gasteiger partial charge in [0.1, 0.15) is 12.3 Å². The quantitative estimate of drug-likeness (QED) is 0.544. The number of rotatable bonds is 5. The number of esters is 1. The minimum Gasteiger partial charge on any atom is -0.482 e. The standard InChI is InChI=1S/C10H11NO4/c1-14-10(12)7-15-9-4-2-3-8(5-9)6-11-13/h2-5H,6-7H2,1H3. The number of methoxy groups -OCH3 is 1. The number of carbonyl (C=O) groups is 1. The summed E-state index contributed by atoms with van der Waals surface area (Å²) in [5.41, 5.74) is 0.743. The molecule has 1 rings (SSSR count). The molecule has 0 heterocycles. The van der Waals surface area contributed by atoms with Crippen molar-refractivity contribution in [3.8, 4) is 5.75 Å². The van der Waals surface area contributed by atoms with Crippen molar-refractivity contribution in [3.63, 3.8) is 0 Å². The highest BCUT2D eigenvalue weighted by atomic mass is 16.6. The normalized spacial score (nSPS) is 9.40. The highest BCUT2D eigenvalue weighted by Gasteiger charge is 2.02. The summed E-state index contributed by atoms with van der Waals surface area (Å²) in [6.07, 6.45) is 0. The van der Waals surface area contributed by atoms with Gasteiger partial charge in [-0.3, -0.25) is 0 Å². The van der Waals surface area contributed by atoms with Crippen molar-refractivity contribution >= 4 is 5.97 Å². The van der Waals surface area contributed by atoms with E-state index < -0.39 is 5.97 Å². The average Bonchev–Trinajstić information content (AvgIpc) is 2.27. The third kappa shape index (κ3) is 3.76. The smallest absolute Gasteiger partial charge is 0.343 e. The van der Waals surface area contributed by atoms with Gasteiger partial charge in [0.15, 0.2) is 6.61 Å². The highest BCUT2D eigenvalue weighted by Crippen LogP contribution is 2.13. The van der Waals surface area contributed by atoms with Crippen LogP contribution in [0.2, 0.25) is 0 Å². The molecular formula is C10H11NO4. The molecule has 0 spiro atoms. The van der Waals surface area contributed by atoms with Crippen molar-refractivity contribution in [1.82, 2.24) is 0 Å². The molecule has 0 aliphatic carbocycles. The Hall–Kier alpha value is -1.91. The SMILES string of the molecule is COC(=O)COc1cccc(CN=O)c1. The molecule has 0 N–H and O–H groups in total. The molecule has 0 saturated heterocycles. The molecule has 0 unspecified atom stereocenters. The van der Waals surface area contributed by atoms with E-state index in [0.717, 1.165) is 5.56 Å². The molecule has 0 atom stereocenters. The van der Waals surface area contributed by atoms with Gasteiger partial charge in [0.05, 0.1) is 7.11 Å². The van der Waals surface area contributed by atoms with E-state index >= 15 is 0 Å². The Morgan fingerprint density at radius 2 is 2.27 bits per heavy atom. The van der Waals surface area contributed by atoms with Gasteiger partial charge in [-0.05, 0) is 17.7 Å². The summed E-state index contributed by atoms with van der Waals surface area (Å²) in [4.78, 5) is 20.8. The molecule has 0 aliphatic heterocycles. The topological polar surface area (TPSA) is 65.0 Å². The molecule has 0 fully saturated rings. The fourth-order valence-corrected chi connectivity index (χ4v) is 1.01. The van der Waals surface area contributed by atoms with Crippen molar-refractivity contribution in [2.75, 3.05) is 13.7 Å². The largest absolute Gasteiger partial charge is 0.482 e. The molecule has 15 heavy (non-hydrogen) atoms. The van der Waals surface area contributed by atoms with Gasteiger partial charge in [0, 0.05) is 0 Å². The number of nitroso groups, excluding NO2 is 1. The summed E-state index contributed by atoms with van der Waals surface area (Å²) in [5.74, 6) is 0.0652. The van der Waals surface area contributed by atoms with E-state index in [4.69, 9.17) is 4.74 Å². The number of hydrogen-bond donors (Lipinski definition) is 0. The Morgan fingerprint density at radius 1 is 1.47 bits per heavy atom. The number of carbonyl (C=O) groups excluding carboxylic acids is 1. The van der Waals surface area contributed by atoms with Crippen LogP contribution in [-0.2, 0) is 16.1 Å². The van der Waals surface area contributed by atoms with Crippen LogP contribution in [0.1, 0.15) is 5.56 Å². The minimum atomic E-state index is -0.450. The van der Waals surface area contributed by atoms with Crippen molar-refractivity contribution in [3.05, 3.63) is 34.7 Å². The number of hydrogen-bond acceptors (Lipinski definition) is 5. The lowest BCUT2D eigenvalue weighted by Gasteiger charge is -2.05. The summed E-state index contributed by atoms with van der Waals surface area (Å²) in [7, 11) is 1.29. The molecule has 1 aromatic carbocycles. The molecule has 0 aliphatic rings. The second-order valence-electron chi connectivity index (χ2n) is 2.80. The van der Waals surface area contributed by atoms with Gasteiger partial charge in [0.2, 0.25) is 0 Å². The number of ether oxygens (including phenoxy) is 2. The van der Waals surface area contributed by atoms with Crippen LogP contribution in [0.25, 0.3) is 0 Å². The van der Waals surface area contributed by atoms with Crippen LogP contribution >= 0.6 is 0 Å². The van der Waals surface area contributed by atoms with Gasteiger partial charge in [0.25, 0.3) is 0 Å². The van der Waals surface area contributed by atoms with Crippen LogP contribution in [-0.4, -0.2) is 19.7 Å². The summed E-state index contributed by atoms with van der Waals surface area (Å²) >= 11 is 0. The maximum absolute atomic E-state index is 10.8. The lowest BCUT2D eigenvalue weighted by Crippen LogP contribution is -2.12. The highest BCUT2D eigenvalue weighted by molar-refractivity contribution is 5.70. The zero-order chi connectivity index (χ0) is 11.1. The molecule has 5 nitrogen and oxygen atoms in total. The maximum atomic E-state index is 10.8. The molecule has 0 aromatic heterocycles. The van der Waals surface area contributed by atoms with Gasteiger partial charge in [-0.25, -0.2) is 4.79 Å². The first-order valence-corrected chi connectivity index (χ1v) is 4.34. The van der Waals surface area contributed by atoms with Crippen molar-refractivity contribution < 1.29 is 14.3 Å². The van der Waals surface area contributed by atoms with E-state index in [1.807, 2.05) is 0 Å². The summed E-state index contributed by atoms with van der Waals surface area (Å²) < 4.78 is 9.54. The molecule has 0 radical (unpaired) electrons. The molecule has 1 aromatic rings. The zero-order valence-corrected chi connectivity index (χ0v) is 8.30. The minimum absolute atomic E-state index is 0.0927. The zero-order valence-electron chi connectivity index (χ0n) is 8.30. The second kappa shape index (κ2) is 5.74. The predicted octanol–water partition coefficient (Wildman–Crippen LogP) is 1.50. The van der Waals surface area contributed by atoms with Crippen LogP contribution in [0.15, 0.2) is 29.4 Å². The molecule has 80 valence electrons. The molecule has 0 saturated carbocycles. The number of nitrogens with zero attached hydrogens (tertiary/aromatic N) is 1. The Bertz CT molecular complexity index is 351. The second-order valence-corrected chi connectivity index (χ2v) is 2.80. The summed E-state index contributed by atoms with van der Waals surface area (Å²) in [5, 5.41) is 2.76. The molecule has 5 heteroatoms. The van der Waals surface area contributed by atoms with Gasteiger partial charge >= 0.3 is 5.97 Å². The summed E-state index contributed by atoms with van der Waals surface area (Å²) in [6.45, 7) is -0.0517. The first kappa shape index (κ1) is 11.2. The fraction of sp³-hybridized carbons (Fsp3) is 0.300. The van der Waals surface area contributed by atoms with Crippen LogP contribution in [0.3, 0.4) is 0 Å². The van der Waals surface area contributed by atoms with Gasteiger partial charge < -0.3 is 9.47 Å². The van der Waals surface area contributed by atoms with Crippen LogP contribution in [0.5, 0.6) is 5.75 Å². The lowest BCUT2D eigenvalue weighted by molar-refractivity contribution is -0.142. The third-order valence-corrected chi connectivity index (χ3v) is 1.73. The Morgan fingerprint density at radius 3 is 2.93 bits per heavy atom. The van der Waals surface area contributed by atoms with Gasteiger partial charge in [-0.15, -0.1) is 0 Å². The Balaban J connectivity index is 2.57. The third-order valence-electron chi connectivity index (χ3n) is 1.73. The lowest BCUT2D eigenvalue weighted by atomic mass is 10.2. The first-order chi connectivity index (χ1) is 7.26. The van der Waals surface area contributed by atoms with E-state index in [9.17, 15) is 9.70 Å². The number of benzene rings is 1. The van der Waals surface area contributed by atoms with Crippen LogP contribution in [0, 0.1) is 4.91 Å². The Labute approximate surface area is 87.0 Å². The van der Waals surface area contributed by atoms with Crippen LogP contribution < -0.4 is 4.74 Å². The van der Waals surface area contributed by atoms with E-state index in [1.165, 1.54) is 7.11 Å². The Kier molecular flexibility index (Phi) is 4.28. The first-order valence-electron chi connectivity index (χ1n) is 4.34. The monoisotopic (exact) mass is 209 g/mol. The van der Waals surface area contributed by atoms with E-state index in [0.29, 0.717) is 5.75 Å². The van der Waals surface area contributed by atoms with Gasteiger partial charge in [-0.1, -0.05) is 17.3 Å². The van der Waals surface area contributed by atoms with Crippen molar-refractivity contribution in [2.24, 2.45) is 5.18 Å². The molecular weight excluding hydrogens is 198 g/mol. The predicted molar refractivity (Wildman–Crippen MR) is 53.5 cm³/mol. The van der Waals surface area contributed by atoms with Gasteiger partial charge in [-0.2, -0.15) is 4.91 Å². The van der Waals surface area contributed by atoms with E-state index in [-0.39, 0.29) is 13.2 Å². The molecule has 0 amide bonds. The fourth-order valence-electron chi connectivity index (χ4n) is 1.01. The van der Waals surface area contributed by atoms with E-state index in [2.05, 4.69) is 9.91 Å². The van der Waals surface area contributed by atoms with Crippen LogP contribution in [0.4, 0.5) is 0 Å². The van der Waals surface area contributed by atoms with E-state index in [1.54, 1.807) is 24.3 Å². The summed E-state index contributed by atoms with van der Waals surface area (Å²) in [6, 6.07) is 6.83. The maximum Gasteiger partial charge on any atom is 0.343 e.